The molecular weight excluding hydrogens is 376 g/mol. The highest BCUT2D eigenvalue weighted by Crippen LogP contribution is 2.21. The van der Waals surface area contributed by atoms with E-state index in [2.05, 4.69) is 10.1 Å². The summed E-state index contributed by atoms with van der Waals surface area (Å²) in [6.07, 6.45) is 0.564. The van der Waals surface area contributed by atoms with Crippen LogP contribution in [0, 0.1) is 0 Å². The highest BCUT2D eigenvalue weighted by molar-refractivity contribution is 7.91. The summed E-state index contributed by atoms with van der Waals surface area (Å²) in [5.74, 6) is 0.133. The van der Waals surface area contributed by atoms with E-state index in [9.17, 15) is 13.2 Å². The Kier molecular flexibility index (Phi) is 6.41. The van der Waals surface area contributed by atoms with E-state index in [0.717, 1.165) is 0 Å². The SMILES string of the molecule is CCc1nc(C(=O)N(C)C(C)CS(=O)(=O)CC)nn1-c1ccccc1Cl. The number of hydrogen-bond donors (Lipinski definition) is 0. The van der Waals surface area contributed by atoms with Crippen molar-refractivity contribution in [3.63, 3.8) is 0 Å². The van der Waals surface area contributed by atoms with Crippen LogP contribution in [0.3, 0.4) is 0 Å². The van der Waals surface area contributed by atoms with Gasteiger partial charge in [0.25, 0.3) is 5.91 Å². The number of nitrogens with zero attached hydrogens (tertiary/aromatic N) is 4. The zero-order valence-corrected chi connectivity index (χ0v) is 16.9. The Morgan fingerprint density at radius 2 is 1.96 bits per heavy atom. The molecule has 0 fully saturated rings. The lowest BCUT2D eigenvalue weighted by Gasteiger charge is -2.23. The van der Waals surface area contributed by atoms with Gasteiger partial charge in [0, 0.05) is 25.3 Å². The zero-order valence-electron chi connectivity index (χ0n) is 15.3. The summed E-state index contributed by atoms with van der Waals surface area (Å²) < 4.78 is 25.2. The highest BCUT2D eigenvalue weighted by Gasteiger charge is 2.26. The molecular formula is C17H23ClN4O3S. The monoisotopic (exact) mass is 398 g/mol. The lowest BCUT2D eigenvalue weighted by Crippen LogP contribution is -2.40. The number of aryl methyl sites for hydroxylation is 1. The van der Waals surface area contributed by atoms with Crippen LogP contribution in [0.15, 0.2) is 24.3 Å². The standard InChI is InChI=1S/C17H23ClN4O3S/c1-5-15-19-16(20-22(15)14-10-8-7-9-13(14)18)17(23)21(4)12(3)11-26(24,25)6-2/h7-10,12H,5-6,11H2,1-4H3. The number of para-hydroxylation sites is 1. The van der Waals surface area contributed by atoms with Crippen molar-refractivity contribution < 1.29 is 13.2 Å². The van der Waals surface area contributed by atoms with Crippen molar-refractivity contribution in [3.8, 4) is 5.69 Å². The van der Waals surface area contributed by atoms with Crippen molar-refractivity contribution in [2.75, 3.05) is 18.6 Å². The third kappa shape index (κ3) is 4.42. The van der Waals surface area contributed by atoms with Crippen LogP contribution in [0.25, 0.3) is 5.69 Å². The molecule has 0 aliphatic heterocycles. The van der Waals surface area contributed by atoms with Crippen LogP contribution in [0.4, 0.5) is 0 Å². The highest BCUT2D eigenvalue weighted by atomic mass is 35.5. The van der Waals surface area contributed by atoms with Crippen molar-refractivity contribution in [1.29, 1.82) is 0 Å². The summed E-state index contributed by atoms with van der Waals surface area (Å²) in [6, 6.07) is 6.69. The van der Waals surface area contributed by atoms with E-state index >= 15 is 0 Å². The number of aromatic nitrogens is 3. The van der Waals surface area contributed by atoms with Gasteiger partial charge in [-0.15, -0.1) is 5.10 Å². The first-order valence-corrected chi connectivity index (χ1v) is 10.6. The summed E-state index contributed by atoms with van der Waals surface area (Å²) in [5.41, 5.74) is 0.641. The van der Waals surface area contributed by atoms with Gasteiger partial charge in [-0.1, -0.05) is 37.6 Å². The molecule has 0 aliphatic carbocycles. The summed E-state index contributed by atoms with van der Waals surface area (Å²) in [5, 5.41) is 4.81. The van der Waals surface area contributed by atoms with Gasteiger partial charge in [-0.05, 0) is 19.1 Å². The van der Waals surface area contributed by atoms with Crippen LogP contribution < -0.4 is 0 Å². The van der Waals surface area contributed by atoms with E-state index in [1.807, 2.05) is 19.1 Å². The molecule has 0 aliphatic rings. The van der Waals surface area contributed by atoms with Crippen molar-refractivity contribution in [1.82, 2.24) is 19.7 Å². The molecule has 9 heteroatoms. The van der Waals surface area contributed by atoms with E-state index in [4.69, 9.17) is 11.6 Å². The predicted octanol–water partition coefficient (Wildman–Crippen LogP) is 2.38. The first kappa shape index (κ1) is 20.4. The first-order valence-electron chi connectivity index (χ1n) is 8.38. The lowest BCUT2D eigenvalue weighted by molar-refractivity contribution is 0.0744. The third-order valence-corrected chi connectivity index (χ3v) is 6.37. The van der Waals surface area contributed by atoms with Crippen LogP contribution in [0.5, 0.6) is 0 Å². The summed E-state index contributed by atoms with van der Waals surface area (Å²) >= 11 is 6.23. The molecule has 2 rings (SSSR count). The maximum Gasteiger partial charge on any atom is 0.293 e. The molecule has 142 valence electrons. The van der Waals surface area contributed by atoms with E-state index in [-0.39, 0.29) is 17.3 Å². The molecule has 1 atom stereocenters. The molecule has 0 radical (unpaired) electrons. The van der Waals surface area contributed by atoms with Gasteiger partial charge in [0.2, 0.25) is 5.82 Å². The largest absolute Gasteiger partial charge is 0.335 e. The fourth-order valence-corrected chi connectivity index (χ4v) is 3.85. The predicted molar refractivity (Wildman–Crippen MR) is 102 cm³/mol. The van der Waals surface area contributed by atoms with Gasteiger partial charge in [0.05, 0.1) is 16.5 Å². The normalized spacial score (nSPS) is 12.8. The summed E-state index contributed by atoms with van der Waals surface area (Å²) in [6.45, 7) is 5.19. The first-order chi connectivity index (χ1) is 12.2. The van der Waals surface area contributed by atoms with Crippen LogP contribution in [0.1, 0.15) is 37.2 Å². The van der Waals surface area contributed by atoms with E-state index < -0.39 is 21.8 Å². The molecule has 26 heavy (non-hydrogen) atoms. The number of sulfone groups is 1. The van der Waals surface area contributed by atoms with Gasteiger partial charge in [0.1, 0.15) is 5.82 Å². The number of halogens is 1. The molecule has 0 bridgehead atoms. The Balaban J connectivity index is 2.32. The fourth-order valence-electron chi connectivity index (χ4n) is 2.44. The molecule has 0 saturated heterocycles. The molecule has 7 nitrogen and oxygen atoms in total. The van der Waals surface area contributed by atoms with Gasteiger partial charge < -0.3 is 4.90 Å². The number of hydrogen-bond acceptors (Lipinski definition) is 5. The zero-order chi connectivity index (χ0) is 19.5. The minimum Gasteiger partial charge on any atom is -0.335 e. The van der Waals surface area contributed by atoms with Crippen LogP contribution in [-0.4, -0.2) is 58.6 Å². The molecule has 0 saturated carbocycles. The second-order valence-corrected chi connectivity index (χ2v) is 8.84. The van der Waals surface area contributed by atoms with Crippen LogP contribution in [0.2, 0.25) is 5.02 Å². The van der Waals surface area contributed by atoms with E-state index in [1.165, 1.54) is 4.90 Å². The Labute approximate surface area is 158 Å². The molecule has 1 amide bonds. The molecule has 1 aromatic carbocycles. The number of rotatable bonds is 7. The average molecular weight is 399 g/mol. The summed E-state index contributed by atoms with van der Waals surface area (Å²) in [7, 11) is -1.64. The number of carbonyl (C=O) groups is 1. The average Bonchev–Trinajstić information content (AvgIpc) is 3.04. The molecule has 1 heterocycles. The van der Waals surface area contributed by atoms with Crippen molar-refractivity contribution in [2.24, 2.45) is 0 Å². The Morgan fingerprint density at radius 3 is 2.54 bits per heavy atom. The number of benzene rings is 1. The molecule has 1 aromatic heterocycles. The van der Waals surface area contributed by atoms with Gasteiger partial charge in [-0.25, -0.2) is 18.1 Å². The molecule has 0 N–H and O–H groups in total. The quantitative estimate of drug-likeness (QED) is 0.714. The third-order valence-electron chi connectivity index (χ3n) is 4.18. The van der Waals surface area contributed by atoms with Crippen LogP contribution >= 0.6 is 11.6 Å². The lowest BCUT2D eigenvalue weighted by atomic mass is 10.3. The maximum atomic E-state index is 12.7. The van der Waals surface area contributed by atoms with Crippen LogP contribution in [-0.2, 0) is 16.3 Å². The maximum absolute atomic E-state index is 12.7. The molecule has 1 unspecified atom stereocenters. The minimum absolute atomic E-state index is 0.0185. The van der Waals surface area contributed by atoms with Gasteiger partial charge in [-0.2, -0.15) is 0 Å². The Hall–Kier alpha value is -1.93. The van der Waals surface area contributed by atoms with Crippen molar-refractivity contribution in [3.05, 3.63) is 40.9 Å². The smallest absolute Gasteiger partial charge is 0.293 e. The molecule has 0 spiro atoms. The summed E-state index contributed by atoms with van der Waals surface area (Å²) in [4.78, 5) is 18.4. The van der Waals surface area contributed by atoms with E-state index in [1.54, 1.807) is 37.7 Å². The fraction of sp³-hybridized carbons (Fsp3) is 0.471. The minimum atomic E-state index is -3.19. The van der Waals surface area contributed by atoms with E-state index in [0.29, 0.717) is 23.0 Å². The Morgan fingerprint density at radius 1 is 1.31 bits per heavy atom. The number of carbonyl (C=O) groups excluding carboxylic acids is 1. The number of amides is 1. The van der Waals surface area contributed by atoms with Crippen molar-refractivity contribution >= 4 is 27.3 Å². The topological polar surface area (TPSA) is 85.2 Å². The molecule has 2 aromatic rings. The Bertz CT molecular complexity index is 895. The van der Waals surface area contributed by atoms with Gasteiger partial charge >= 0.3 is 0 Å². The second-order valence-electron chi connectivity index (χ2n) is 6.03. The van der Waals surface area contributed by atoms with Crippen molar-refractivity contribution in [2.45, 2.75) is 33.2 Å². The van der Waals surface area contributed by atoms with Gasteiger partial charge in [0.15, 0.2) is 9.84 Å². The second kappa shape index (κ2) is 8.18. The van der Waals surface area contributed by atoms with Gasteiger partial charge in [-0.3, -0.25) is 4.79 Å².